The average Bonchev–Trinajstić information content (AvgIpc) is 3.30. The van der Waals surface area contributed by atoms with Crippen molar-refractivity contribution < 1.29 is 13.6 Å². The molecule has 1 saturated heterocycles. The maximum absolute atomic E-state index is 14.2. The zero-order valence-corrected chi connectivity index (χ0v) is 20.6. The number of rotatable bonds is 5. The molecule has 36 heavy (non-hydrogen) atoms. The Kier molecular flexibility index (Phi) is 6.83. The second kappa shape index (κ2) is 10.2. The summed E-state index contributed by atoms with van der Waals surface area (Å²) in [7, 11) is 0. The largest absolute Gasteiger partial charge is 0.367 e. The van der Waals surface area contributed by atoms with Crippen LogP contribution in [0, 0.1) is 25.5 Å². The minimum Gasteiger partial charge on any atom is -0.367 e. The Bertz CT molecular complexity index is 1300. The highest BCUT2D eigenvalue weighted by Gasteiger charge is 2.34. The molecule has 2 heterocycles. The molecule has 0 aliphatic carbocycles. The smallest absolute Gasteiger partial charge is 0.257 e. The molecule has 5 rings (SSSR count). The van der Waals surface area contributed by atoms with Gasteiger partial charge < -0.3 is 4.90 Å². The number of carbonyl (C=O) groups excluding carboxylic acids is 1. The predicted molar refractivity (Wildman–Crippen MR) is 138 cm³/mol. The molecule has 0 radical (unpaired) electrons. The van der Waals surface area contributed by atoms with Crippen LogP contribution < -0.4 is 4.90 Å². The molecule has 2 aliphatic rings. The molecule has 0 aromatic heterocycles. The molecule has 1 unspecified atom stereocenters. The number of hydrogen-bond donors (Lipinski definition) is 0. The number of halogens is 2. The number of para-hydroxylation sites is 1. The van der Waals surface area contributed by atoms with Gasteiger partial charge in [-0.1, -0.05) is 48.0 Å². The molecule has 0 spiro atoms. The van der Waals surface area contributed by atoms with Crippen LogP contribution in [-0.2, 0) is 4.79 Å². The van der Waals surface area contributed by atoms with Gasteiger partial charge in [0.25, 0.3) is 5.91 Å². The fourth-order valence-electron chi connectivity index (χ4n) is 5.13. The van der Waals surface area contributed by atoms with Crippen molar-refractivity contribution in [1.82, 2.24) is 9.91 Å². The Hall–Kier alpha value is -3.58. The van der Waals surface area contributed by atoms with Crippen LogP contribution in [-0.4, -0.2) is 54.3 Å². The lowest BCUT2D eigenvalue weighted by molar-refractivity contribution is -0.134. The van der Waals surface area contributed by atoms with Crippen molar-refractivity contribution in [2.75, 3.05) is 37.6 Å². The molecule has 5 nitrogen and oxygen atoms in total. The van der Waals surface area contributed by atoms with Crippen LogP contribution in [0.5, 0.6) is 0 Å². The zero-order chi connectivity index (χ0) is 25.2. The Labute approximate surface area is 210 Å². The fourth-order valence-corrected chi connectivity index (χ4v) is 5.13. The summed E-state index contributed by atoms with van der Waals surface area (Å²) in [5, 5.41) is 6.30. The second-order valence-electron chi connectivity index (χ2n) is 9.59. The lowest BCUT2D eigenvalue weighted by atomic mass is 9.95. The number of aryl methyl sites for hydroxylation is 2. The van der Waals surface area contributed by atoms with Gasteiger partial charge in [-0.3, -0.25) is 9.69 Å². The van der Waals surface area contributed by atoms with Gasteiger partial charge in [0, 0.05) is 38.2 Å². The van der Waals surface area contributed by atoms with E-state index in [0.717, 1.165) is 22.4 Å². The lowest BCUT2D eigenvalue weighted by Crippen LogP contribution is -2.49. The minimum atomic E-state index is -0.358. The molecule has 7 heteroatoms. The first-order valence-corrected chi connectivity index (χ1v) is 12.3. The molecule has 186 valence electrons. The second-order valence-corrected chi connectivity index (χ2v) is 9.59. The topological polar surface area (TPSA) is 39.2 Å². The number of amides is 1. The van der Waals surface area contributed by atoms with Gasteiger partial charge in [0.15, 0.2) is 0 Å². The van der Waals surface area contributed by atoms with E-state index in [1.54, 1.807) is 18.2 Å². The normalized spacial score (nSPS) is 18.4. The van der Waals surface area contributed by atoms with E-state index >= 15 is 0 Å². The third-order valence-corrected chi connectivity index (χ3v) is 7.02. The van der Waals surface area contributed by atoms with Crippen LogP contribution in [0.2, 0.25) is 0 Å². The van der Waals surface area contributed by atoms with Crippen molar-refractivity contribution in [3.8, 4) is 0 Å². The molecule has 0 bridgehead atoms. The highest BCUT2D eigenvalue weighted by Crippen LogP contribution is 2.34. The van der Waals surface area contributed by atoms with Crippen LogP contribution in [0.3, 0.4) is 0 Å². The summed E-state index contributed by atoms with van der Waals surface area (Å²) in [4.78, 5) is 17.6. The summed E-state index contributed by atoms with van der Waals surface area (Å²) in [6.07, 6.45) is 0.528. The number of nitrogens with zero attached hydrogens (tertiary/aromatic N) is 4. The number of hydrazone groups is 1. The van der Waals surface area contributed by atoms with Crippen molar-refractivity contribution in [3.63, 3.8) is 0 Å². The minimum absolute atomic E-state index is 0.122. The van der Waals surface area contributed by atoms with Crippen molar-refractivity contribution in [2.45, 2.75) is 26.3 Å². The predicted octanol–water partition coefficient (Wildman–Crippen LogP) is 5.08. The van der Waals surface area contributed by atoms with Crippen LogP contribution in [0.15, 0.2) is 71.8 Å². The number of hydrogen-bond acceptors (Lipinski definition) is 4. The Balaban J connectivity index is 1.33. The van der Waals surface area contributed by atoms with Crippen LogP contribution in [0.1, 0.15) is 34.7 Å². The van der Waals surface area contributed by atoms with Crippen LogP contribution in [0.4, 0.5) is 14.5 Å². The van der Waals surface area contributed by atoms with Gasteiger partial charge >= 0.3 is 0 Å². The highest BCUT2D eigenvalue weighted by molar-refractivity contribution is 6.04. The van der Waals surface area contributed by atoms with E-state index in [0.29, 0.717) is 38.3 Å². The third kappa shape index (κ3) is 5.02. The van der Waals surface area contributed by atoms with Gasteiger partial charge in [-0.2, -0.15) is 5.10 Å². The molecule has 2 aliphatic heterocycles. The summed E-state index contributed by atoms with van der Waals surface area (Å²) in [5.41, 5.74) is 5.44. The summed E-state index contributed by atoms with van der Waals surface area (Å²) < 4.78 is 28.3. The SMILES string of the molecule is Cc1ccc(C2=NN(C(=O)CN3CCN(c4ccccc4F)CC3)C(c3cccc(F)c3)C2)c(C)c1. The number of carbonyl (C=O) groups is 1. The monoisotopic (exact) mass is 488 g/mol. The first kappa shape index (κ1) is 24.1. The van der Waals surface area contributed by atoms with Crippen molar-refractivity contribution in [1.29, 1.82) is 0 Å². The summed E-state index contributed by atoms with van der Waals surface area (Å²) >= 11 is 0. The fraction of sp³-hybridized carbons (Fsp3) is 0.310. The van der Waals surface area contributed by atoms with Crippen molar-refractivity contribution in [2.24, 2.45) is 5.10 Å². The van der Waals surface area contributed by atoms with E-state index in [1.165, 1.54) is 28.8 Å². The standard InChI is InChI=1S/C29H30F2N4O/c1-20-10-11-24(21(2)16-20)26-18-28(22-6-5-7-23(30)17-22)35(32-26)29(36)19-33-12-14-34(15-13-33)27-9-4-3-8-25(27)31/h3-11,16-17,28H,12-15,18-19H2,1-2H3. The molecule has 0 saturated carbocycles. The molecular weight excluding hydrogens is 458 g/mol. The van der Waals surface area contributed by atoms with Gasteiger partial charge in [0.1, 0.15) is 11.6 Å². The summed E-state index contributed by atoms with van der Waals surface area (Å²) in [6.45, 7) is 6.86. The summed E-state index contributed by atoms with van der Waals surface area (Å²) in [5.74, 6) is -0.683. The highest BCUT2D eigenvalue weighted by atomic mass is 19.1. The van der Waals surface area contributed by atoms with Crippen molar-refractivity contribution in [3.05, 3.63) is 101 Å². The molecule has 1 fully saturated rings. The van der Waals surface area contributed by atoms with Crippen LogP contribution >= 0.6 is 0 Å². The quantitative estimate of drug-likeness (QED) is 0.503. The van der Waals surface area contributed by atoms with E-state index in [4.69, 9.17) is 5.10 Å². The molecule has 3 aromatic rings. The first-order chi connectivity index (χ1) is 17.4. The first-order valence-electron chi connectivity index (χ1n) is 12.3. The Morgan fingerprint density at radius 1 is 0.944 bits per heavy atom. The lowest BCUT2D eigenvalue weighted by Gasteiger charge is -2.36. The Morgan fingerprint density at radius 3 is 2.44 bits per heavy atom. The van der Waals surface area contributed by atoms with E-state index < -0.39 is 0 Å². The van der Waals surface area contributed by atoms with Gasteiger partial charge in [0.2, 0.25) is 0 Å². The van der Waals surface area contributed by atoms with Crippen molar-refractivity contribution >= 4 is 17.3 Å². The number of benzene rings is 3. The van der Waals surface area contributed by atoms with E-state index in [1.807, 2.05) is 43.0 Å². The molecular formula is C29H30F2N4O. The maximum Gasteiger partial charge on any atom is 0.257 e. The molecule has 1 amide bonds. The van der Waals surface area contributed by atoms with Gasteiger partial charge in [0.05, 0.1) is 24.0 Å². The number of piperazine rings is 1. The maximum atomic E-state index is 14.2. The van der Waals surface area contributed by atoms with Gasteiger partial charge in [-0.15, -0.1) is 0 Å². The van der Waals surface area contributed by atoms with E-state index in [9.17, 15) is 13.6 Å². The van der Waals surface area contributed by atoms with Gasteiger partial charge in [-0.05, 0) is 49.2 Å². The third-order valence-electron chi connectivity index (χ3n) is 7.02. The van der Waals surface area contributed by atoms with Gasteiger partial charge in [-0.25, -0.2) is 13.8 Å². The van der Waals surface area contributed by atoms with E-state index in [2.05, 4.69) is 11.0 Å². The summed E-state index contributed by atoms with van der Waals surface area (Å²) in [6, 6.07) is 19.0. The molecule has 3 aromatic carbocycles. The average molecular weight is 489 g/mol. The molecule has 1 atom stereocenters. The molecule has 0 N–H and O–H groups in total. The number of anilines is 1. The Morgan fingerprint density at radius 2 is 1.72 bits per heavy atom. The van der Waals surface area contributed by atoms with E-state index in [-0.39, 0.29) is 30.1 Å². The van der Waals surface area contributed by atoms with Crippen LogP contribution in [0.25, 0.3) is 0 Å². The zero-order valence-electron chi connectivity index (χ0n) is 20.6.